The first-order chi connectivity index (χ1) is 6.86. The summed E-state index contributed by atoms with van der Waals surface area (Å²) in [7, 11) is -2.78. The van der Waals surface area contributed by atoms with E-state index >= 15 is 0 Å². The fourth-order valence-corrected chi connectivity index (χ4v) is 1.49. The lowest BCUT2D eigenvalue weighted by atomic mass is 10.2. The summed E-state index contributed by atoms with van der Waals surface area (Å²) in [6, 6.07) is 0. The van der Waals surface area contributed by atoms with Gasteiger partial charge in [-0.15, -0.1) is 0 Å². The summed E-state index contributed by atoms with van der Waals surface area (Å²) in [6.45, 7) is 0. The Balaban J connectivity index is 3.39. The van der Waals surface area contributed by atoms with Crippen molar-refractivity contribution < 1.29 is 31.7 Å². The van der Waals surface area contributed by atoms with Crippen molar-refractivity contribution in [3.8, 4) is 0 Å². The van der Waals surface area contributed by atoms with Gasteiger partial charge in [0, 0.05) is 11.7 Å². The van der Waals surface area contributed by atoms with Crippen molar-refractivity contribution in [1.29, 1.82) is 0 Å². The van der Waals surface area contributed by atoms with E-state index in [0.717, 1.165) is 0 Å². The molecule has 0 atom stereocenters. The second-order valence-corrected chi connectivity index (χ2v) is 3.64. The van der Waals surface area contributed by atoms with Crippen molar-refractivity contribution in [3.63, 3.8) is 0 Å². The molecule has 15 heavy (non-hydrogen) atoms. The van der Waals surface area contributed by atoms with Gasteiger partial charge in [0.2, 0.25) is 5.82 Å². The largest absolute Gasteiger partial charge is 0.350 e. The number of hydrogen-bond donors (Lipinski definition) is 2. The SMILES string of the molecule is OP(O)Cc1c(F)c(F)c(F)c(F)c1F. The van der Waals surface area contributed by atoms with Gasteiger partial charge in [0.15, 0.2) is 31.6 Å². The predicted molar refractivity (Wildman–Crippen MR) is 41.3 cm³/mol. The smallest absolute Gasteiger partial charge is 0.200 e. The van der Waals surface area contributed by atoms with Crippen LogP contribution < -0.4 is 0 Å². The highest BCUT2D eigenvalue weighted by atomic mass is 31.2. The van der Waals surface area contributed by atoms with Gasteiger partial charge in [-0.3, -0.25) is 0 Å². The van der Waals surface area contributed by atoms with Crippen LogP contribution in [0.25, 0.3) is 0 Å². The molecule has 0 aliphatic carbocycles. The van der Waals surface area contributed by atoms with E-state index in [1.165, 1.54) is 0 Å². The molecule has 0 saturated carbocycles. The van der Waals surface area contributed by atoms with Gasteiger partial charge in [-0.25, -0.2) is 22.0 Å². The van der Waals surface area contributed by atoms with Crippen LogP contribution in [0.1, 0.15) is 5.56 Å². The molecular weight excluding hydrogens is 242 g/mol. The van der Waals surface area contributed by atoms with Gasteiger partial charge in [-0.05, 0) is 0 Å². The summed E-state index contributed by atoms with van der Waals surface area (Å²) in [5, 5.41) is 0. The van der Waals surface area contributed by atoms with Crippen LogP contribution in [-0.4, -0.2) is 9.79 Å². The van der Waals surface area contributed by atoms with Crippen molar-refractivity contribution in [1.82, 2.24) is 0 Å². The molecule has 0 saturated heterocycles. The molecule has 1 aromatic carbocycles. The van der Waals surface area contributed by atoms with Crippen LogP contribution in [0, 0.1) is 29.1 Å². The minimum atomic E-state index is -2.78. The summed E-state index contributed by atoms with van der Waals surface area (Å²) < 4.78 is 63.2. The molecule has 0 unspecified atom stereocenters. The Kier molecular flexibility index (Phi) is 3.59. The molecule has 84 valence electrons. The van der Waals surface area contributed by atoms with Crippen molar-refractivity contribution in [2.45, 2.75) is 6.16 Å². The molecule has 0 spiro atoms. The van der Waals surface area contributed by atoms with Gasteiger partial charge in [0.1, 0.15) is 0 Å². The molecule has 8 heteroatoms. The average Bonchev–Trinajstić information content (AvgIpc) is 2.18. The molecule has 0 fully saturated rings. The quantitative estimate of drug-likeness (QED) is 0.363. The Labute approximate surface area is 81.9 Å². The minimum absolute atomic E-state index is 1.01. The second-order valence-electron chi connectivity index (χ2n) is 2.58. The van der Waals surface area contributed by atoms with Crippen molar-refractivity contribution in [3.05, 3.63) is 34.6 Å². The van der Waals surface area contributed by atoms with E-state index in [4.69, 9.17) is 9.79 Å². The maximum Gasteiger partial charge on any atom is 0.200 e. The van der Waals surface area contributed by atoms with E-state index < -0.39 is 49.2 Å². The van der Waals surface area contributed by atoms with Crippen LogP contribution in [-0.2, 0) is 6.16 Å². The minimum Gasteiger partial charge on any atom is -0.350 e. The number of hydrogen-bond acceptors (Lipinski definition) is 2. The lowest BCUT2D eigenvalue weighted by Crippen LogP contribution is -2.06. The third kappa shape index (κ3) is 2.25. The molecule has 0 bridgehead atoms. The van der Waals surface area contributed by atoms with Crippen LogP contribution in [0.3, 0.4) is 0 Å². The first-order valence-corrected chi connectivity index (χ1v) is 4.95. The van der Waals surface area contributed by atoms with E-state index in [2.05, 4.69) is 0 Å². The Bertz CT molecular complexity index is 366. The summed E-state index contributed by atoms with van der Waals surface area (Å²) in [5.74, 6) is -10.5. The molecule has 1 aromatic rings. The van der Waals surface area contributed by atoms with Gasteiger partial charge >= 0.3 is 0 Å². The normalized spacial score (nSPS) is 11.2. The summed E-state index contributed by atoms with van der Waals surface area (Å²) in [6.07, 6.45) is -1.01. The summed E-state index contributed by atoms with van der Waals surface area (Å²) in [5.41, 5.74) is -1.22. The number of halogens is 5. The van der Waals surface area contributed by atoms with Crippen LogP contribution in [0.2, 0.25) is 0 Å². The van der Waals surface area contributed by atoms with Crippen LogP contribution >= 0.6 is 8.38 Å². The third-order valence-corrected chi connectivity index (χ3v) is 2.20. The van der Waals surface area contributed by atoms with E-state index in [1.807, 2.05) is 0 Å². The van der Waals surface area contributed by atoms with Crippen LogP contribution in [0.15, 0.2) is 0 Å². The standard InChI is InChI=1S/C7H4F5O2P/c8-3-2(1-15(13)14)4(9)6(11)7(12)5(3)10/h13-14H,1H2. The third-order valence-electron chi connectivity index (χ3n) is 1.60. The van der Waals surface area contributed by atoms with Gasteiger partial charge < -0.3 is 9.79 Å². The van der Waals surface area contributed by atoms with Crippen LogP contribution in [0.5, 0.6) is 0 Å². The molecular formula is C7H4F5O2P. The second kappa shape index (κ2) is 4.38. The molecule has 2 nitrogen and oxygen atoms in total. The van der Waals surface area contributed by atoms with E-state index in [-0.39, 0.29) is 0 Å². The predicted octanol–water partition coefficient (Wildman–Crippen LogP) is 2.18. The zero-order valence-electron chi connectivity index (χ0n) is 6.94. The Morgan fingerprint density at radius 1 is 0.733 bits per heavy atom. The molecule has 0 aromatic heterocycles. The molecule has 2 N–H and O–H groups in total. The Hall–Kier alpha value is -0.780. The molecule has 0 amide bonds. The lowest BCUT2D eigenvalue weighted by Gasteiger charge is -2.08. The topological polar surface area (TPSA) is 40.5 Å². The molecule has 0 radical (unpaired) electrons. The maximum atomic E-state index is 12.8. The fourth-order valence-electron chi connectivity index (χ4n) is 0.931. The van der Waals surface area contributed by atoms with E-state index in [9.17, 15) is 22.0 Å². The monoisotopic (exact) mass is 246 g/mol. The lowest BCUT2D eigenvalue weighted by molar-refractivity contribution is 0.370. The first-order valence-electron chi connectivity index (χ1n) is 3.51. The molecule has 1 rings (SSSR count). The highest BCUT2D eigenvalue weighted by Crippen LogP contribution is 2.33. The molecule has 0 aliphatic rings. The van der Waals surface area contributed by atoms with Gasteiger partial charge in [-0.1, -0.05) is 0 Å². The van der Waals surface area contributed by atoms with Crippen molar-refractivity contribution in [2.75, 3.05) is 0 Å². The van der Waals surface area contributed by atoms with Gasteiger partial charge in [0.05, 0.1) is 0 Å². The highest BCUT2D eigenvalue weighted by Gasteiger charge is 2.26. The van der Waals surface area contributed by atoms with E-state index in [0.29, 0.717) is 0 Å². The van der Waals surface area contributed by atoms with Gasteiger partial charge in [-0.2, -0.15) is 0 Å². The summed E-state index contributed by atoms with van der Waals surface area (Å²) >= 11 is 0. The van der Waals surface area contributed by atoms with Gasteiger partial charge in [0.25, 0.3) is 0 Å². The number of rotatable bonds is 2. The average molecular weight is 246 g/mol. The van der Waals surface area contributed by atoms with Crippen molar-refractivity contribution in [2.24, 2.45) is 0 Å². The zero-order valence-corrected chi connectivity index (χ0v) is 7.83. The molecule has 0 heterocycles. The fraction of sp³-hybridized carbons (Fsp3) is 0.143. The molecule has 0 aliphatic heterocycles. The van der Waals surface area contributed by atoms with Crippen molar-refractivity contribution >= 4 is 8.38 Å². The van der Waals surface area contributed by atoms with E-state index in [1.54, 1.807) is 0 Å². The first kappa shape index (κ1) is 12.3. The summed E-state index contributed by atoms with van der Waals surface area (Å²) in [4.78, 5) is 16.9. The Morgan fingerprint density at radius 2 is 1.07 bits per heavy atom. The maximum absolute atomic E-state index is 12.8. The number of benzene rings is 1. The highest BCUT2D eigenvalue weighted by molar-refractivity contribution is 7.44. The van der Waals surface area contributed by atoms with Crippen LogP contribution in [0.4, 0.5) is 22.0 Å². The Morgan fingerprint density at radius 3 is 1.40 bits per heavy atom. The zero-order chi connectivity index (χ0) is 11.7.